The molecule has 1 heterocycles. The Morgan fingerprint density at radius 3 is 3.13 bits per heavy atom. The van der Waals surface area contributed by atoms with Crippen molar-refractivity contribution in [1.29, 1.82) is 0 Å². The van der Waals surface area contributed by atoms with E-state index in [-0.39, 0.29) is 0 Å². The lowest BCUT2D eigenvalue weighted by Gasteiger charge is -2.06. The summed E-state index contributed by atoms with van der Waals surface area (Å²) in [5.74, 6) is 2.45. The first kappa shape index (κ1) is 10.3. The molecule has 1 aliphatic carbocycles. The molecule has 1 aromatic rings. The van der Waals surface area contributed by atoms with Crippen LogP contribution in [-0.4, -0.2) is 18.1 Å². The Morgan fingerprint density at radius 1 is 1.53 bits per heavy atom. The van der Waals surface area contributed by atoms with Gasteiger partial charge in [-0.2, -0.15) is 4.98 Å². The van der Waals surface area contributed by atoms with Crippen LogP contribution in [0.4, 0.5) is 5.82 Å². The second-order valence-corrected chi connectivity index (χ2v) is 4.10. The number of ether oxygens (including phenoxy) is 1. The molecule has 0 bridgehead atoms. The van der Waals surface area contributed by atoms with E-state index in [1.54, 1.807) is 7.11 Å². The zero-order chi connectivity index (χ0) is 10.7. The summed E-state index contributed by atoms with van der Waals surface area (Å²) in [5.41, 5.74) is 0. The minimum absolute atomic E-state index is 0.629. The smallest absolute Gasteiger partial charge is 0.214 e. The number of pyridine rings is 1. The molecule has 1 saturated carbocycles. The standard InChI is InChI=1S/C12H18N2O/c1-3-5-9-8-10(9)13-11-6-4-7-12(14-11)15-2/h4,6-7,9-10H,3,5,8H2,1-2H3,(H,13,14). The van der Waals surface area contributed by atoms with Gasteiger partial charge in [0.05, 0.1) is 7.11 Å². The van der Waals surface area contributed by atoms with Crippen LogP contribution >= 0.6 is 0 Å². The molecule has 2 atom stereocenters. The quantitative estimate of drug-likeness (QED) is 0.804. The third-order valence-electron chi connectivity index (χ3n) is 2.85. The number of nitrogens with zero attached hydrogens (tertiary/aromatic N) is 1. The molecule has 0 aromatic carbocycles. The van der Waals surface area contributed by atoms with Crippen LogP contribution in [0.2, 0.25) is 0 Å². The normalized spacial score (nSPS) is 23.6. The van der Waals surface area contributed by atoms with Gasteiger partial charge in [0.25, 0.3) is 0 Å². The van der Waals surface area contributed by atoms with Crippen molar-refractivity contribution >= 4 is 5.82 Å². The molecule has 2 unspecified atom stereocenters. The van der Waals surface area contributed by atoms with Crippen LogP contribution in [0.5, 0.6) is 5.88 Å². The minimum atomic E-state index is 0.629. The highest BCUT2D eigenvalue weighted by atomic mass is 16.5. The van der Waals surface area contributed by atoms with Crippen molar-refractivity contribution in [2.75, 3.05) is 12.4 Å². The largest absolute Gasteiger partial charge is 0.481 e. The van der Waals surface area contributed by atoms with Gasteiger partial charge in [0, 0.05) is 12.1 Å². The highest BCUT2D eigenvalue weighted by Gasteiger charge is 2.36. The van der Waals surface area contributed by atoms with Crippen molar-refractivity contribution < 1.29 is 4.74 Å². The molecule has 3 heteroatoms. The molecular weight excluding hydrogens is 188 g/mol. The van der Waals surface area contributed by atoms with E-state index in [4.69, 9.17) is 4.74 Å². The highest BCUT2D eigenvalue weighted by molar-refractivity contribution is 5.39. The summed E-state index contributed by atoms with van der Waals surface area (Å²) in [6, 6.07) is 6.45. The molecule has 0 amide bonds. The summed E-state index contributed by atoms with van der Waals surface area (Å²) in [6.07, 6.45) is 3.88. The SMILES string of the molecule is CCCC1CC1Nc1cccc(OC)n1. The van der Waals surface area contributed by atoms with Gasteiger partial charge < -0.3 is 10.1 Å². The van der Waals surface area contributed by atoms with Gasteiger partial charge in [0.15, 0.2) is 0 Å². The molecule has 1 aromatic heterocycles. The van der Waals surface area contributed by atoms with Crippen LogP contribution in [0.3, 0.4) is 0 Å². The summed E-state index contributed by atoms with van der Waals surface area (Å²) < 4.78 is 5.08. The average molecular weight is 206 g/mol. The molecule has 3 nitrogen and oxygen atoms in total. The molecule has 1 aliphatic rings. The number of aromatic nitrogens is 1. The van der Waals surface area contributed by atoms with Gasteiger partial charge in [0.1, 0.15) is 5.82 Å². The van der Waals surface area contributed by atoms with Crippen LogP contribution in [-0.2, 0) is 0 Å². The number of nitrogens with one attached hydrogen (secondary N) is 1. The summed E-state index contributed by atoms with van der Waals surface area (Å²) in [5, 5.41) is 3.43. The van der Waals surface area contributed by atoms with E-state index in [1.807, 2.05) is 18.2 Å². The maximum Gasteiger partial charge on any atom is 0.214 e. The van der Waals surface area contributed by atoms with Crippen molar-refractivity contribution in [3.8, 4) is 5.88 Å². The minimum Gasteiger partial charge on any atom is -0.481 e. The van der Waals surface area contributed by atoms with E-state index in [0.717, 1.165) is 11.7 Å². The van der Waals surface area contributed by atoms with Crippen molar-refractivity contribution in [3.05, 3.63) is 18.2 Å². The van der Waals surface area contributed by atoms with Gasteiger partial charge in [-0.05, 0) is 24.8 Å². The highest BCUT2D eigenvalue weighted by Crippen LogP contribution is 2.36. The molecule has 82 valence electrons. The molecule has 2 rings (SSSR count). The first-order valence-corrected chi connectivity index (χ1v) is 5.61. The van der Waals surface area contributed by atoms with E-state index in [2.05, 4.69) is 17.2 Å². The van der Waals surface area contributed by atoms with Crippen LogP contribution < -0.4 is 10.1 Å². The Hall–Kier alpha value is -1.25. The maximum absolute atomic E-state index is 5.08. The van der Waals surface area contributed by atoms with Crippen LogP contribution in [0.25, 0.3) is 0 Å². The molecule has 15 heavy (non-hydrogen) atoms. The fourth-order valence-electron chi connectivity index (χ4n) is 1.91. The molecule has 0 spiro atoms. The molecule has 0 saturated heterocycles. The molecular formula is C12H18N2O. The number of anilines is 1. The third-order valence-corrected chi connectivity index (χ3v) is 2.85. The summed E-state index contributed by atoms with van der Waals surface area (Å²) in [4.78, 5) is 4.33. The van der Waals surface area contributed by atoms with Gasteiger partial charge in [-0.1, -0.05) is 19.4 Å². The molecule has 0 aliphatic heterocycles. The molecule has 0 radical (unpaired) electrons. The van der Waals surface area contributed by atoms with Crippen LogP contribution in [0.1, 0.15) is 26.2 Å². The number of rotatable bonds is 5. The lowest BCUT2D eigenvalue weighted by atomic mass is 10.2. The number of hydrogen-bond donors (Lipinski definition) is 1. The zero-order valence-electron chi connectivity index (χ0n) is 9.36. The van der Waals surface area contributed by atoms with Gasteiger partial charge >= 0.3 is 0 Å². The number of hydrogen-bond acceptors (Lipinski definition) is 3. The first-order chi connectivity index (χ1) is 7.33. The second kappa shape index (κ2) is 4.51. The zero-order valence-corrected chi connectivity index (χ0v) is 9.36. The monoisotopic (exact) mass is 206 g/mol. The number of methoxy groups -OCH3 is 1. The van der Waals surface area contributed by atoms with Crippen molar-refractivity contribution in [2.45, 2.75) is 32.2 Å². The van der Waals surface area contributed by atoms with Gasteiger partial charge in [-0.25, -0.2) is 0 Å². The maximum atomic E-state index is 5.08. The third kappa shape index (κ3) is 2.61. The van der Waals surface area contributed by atoms with Crippen molar-refractivity contribution in [3.63, 3.8) is 0 Å². The van der Waals surface area contributed by atoms with E-state index >= 15 is 0 Å². The summed E-state index contributed by atoms with van der Waals surface area (Å²) in [7, 11) is 1.64. The Labute approximate surface area is 90.9 Å². The Bertz CT molecular complexity index is 327. The van der Waals surface area contributed by atoms with Crippen molar-refractivity contribution in [2.24, 2.45) is 5.92 Å². The first-order valence-electron chi connectivity index (χ1n) is 5.61. The Balaban J connectivity index is 1.89. The molecule has 1 N–H and O–H groups in total. The van der Waals surface area contributed by atoms with Gasteiger partial charge in [-0.3, -0.25) is 0 Å². The summed E-state index contributed by atoms with van der Waals surface area (Å²) in [6.45, 7) is 2.24. The Morgan fingerprint density at radius 2 is 2.40 bits per heavy atom. The second-order valence-electron chi connectivity index (χ2n) is 4.10. The lowest BCUT2D eigenvalue weighted by Crippen LogP contribution is -2.06. The van der Waals surface area contributed by atoms with Gasteiger partial charge in [-0.15, -0.1) is 0 Å². The van der Waals surface area contributed by atoms with E-state index in [0.29, 0.717) is 11.9 Å². The van der Waals surface area contributed by atoms with Gasteiger partial charge in [0.2, 0.25) is 5.88 Å². The fourth-order valence-corrected chi connectivity index (χ4v) is 1.91. The fraction of sp³-hybridized carbons (Fsp3) is 0.583. The summed E-state index contributed by atoms with van der Waals surface area (Å²) >= 11 is 0. The lowest BCUT2D eigenvalue weighted by molar-refractivity contribution is 0.398. The van der Waals surface area contributed by atoms with Crippen LogP contribution in [0, 0.1) is 5.92 Å². The van der Waals surface area contributed by atoms with E-state index < -0.39 is 0 Å². The average Bonchev–Trinajstić information content (AvgIpc) is 2.97. The predicted octanol–water partition coefficient (Wildman–Crippen LogP) is 2.69. The van der Waals surface area contributed by atoms with Crippen molar-refractivity contribution in [1.82, 2.24) is 4.98 Å². The predicted molar refractivity (Wildman–Crippen MR) is 61.2 cm³/mol. The van der Waals surface area contributed by atoms with E-state index in [9.17, 15) is 0 Å². The topological polar surface area (TPSA) is 34.1 Å². The van der Waals surface area contributed by atoms with Crippen LogP contribution in [0.15, 0.2) is 18.2 Å². The molecule has 1 fully saturated rings. The Kier molecular flexibility index (Phi) is 3.09. The van der Waals surface area contributed by atoms with E-state index in [1.165, 1.54) is 19.3 Å².